The second-order valence-corrected chi connectivity index (χ2v) is 4.79. The van der Waals surface area contributed by atoms with Gasteiger partial charge in [0.1, 0.15) is 0 Å². The lowest BCUT2D eigenvalue weighted by molar-refractivity contribution is 0.102. The molecule has 0 aliphatic rings. The number of aryl methyl sites for hydroxylation is 1. The maximum Gasteiger partial charge on any atom is 0.257 e. The van der Waals surface area contributed by atoms with E-state index < -0.39 is 0 Å². The van der Waals surface area contributed by atoms with Crippen molar-refractivity contribution < 1.29 is 4.79 Å². The fourth-order valence-electron chi connectivity index (χ4n) is 1.80. The summed E-state index contributed by atoms with van der Waals surface area (Å²) in [5, 5.41) is 3.14. The van der Waals surface area contributed by atoms with Crippen LogP contribution in [0.4, 0.5) is 11.4 Å². The van der Waals surface area contributed by atoms with Gasteiger partial charge in [0.15, 0.2) is 0 Å². The van der Waals surface area contributed by atoms with E-state index in [-0.39, 0.29) is 10.9 Å². The van der Waals surface area contributed by atoms with E-state index in [0.717, 1.165) is 16.8 Å². The molecule has 0 fully saturated rings. The van der Waals surface area contributed by atoms with Crippen LogP contribution in [0.25, 0.3) is 0 Å². The molecule has 0 aliphatic carbocycles. The van der Waals surface area contributed by atoms with Crippen LogP contribution in [0.2, 0.25) is 5.02 Å². The Morgan fingerprint density at radius 2 is 1.84 bits per heavy atom. The first kappa shape index (κ1) is 13.4. The molecule has 0 unspecified atom stereocenters. The standard InChI is InChI=1S/C15H15ClN2O/c1-9-5-3-8-13(10(9)2)18-15(19)11-6-4-7-12(17)14(11)16/h3-8H,17H2,1-2H3,(H,18,19). The number of halogens is 1. The Kier molecular flexibility index (Phi) is 3.76. The topological polar surface area (TPSA) is 55.1 Å². The van der Waals surface area contributed by atoms with E-state index in [4.69, 9.17) is 17.3 Å². The van der Waals surface area contributed by atoms with Gasteiger partial charge in [-0.05, 0) is 43.2 Å². The first-order valence-electron chi connectivity index (χ1n) is 5.92. The first-order chi connectivity index (χ1) is 9.00. The molecule has 0 radical (unpaired) electrons. The fourth-order valence-corrected chi connectivity index (χ4v) is 2.01. The van der Waals surface area contributed by atoms with Crippen molar-refractivity contribution in [1.29, 1.82) is 0 Å². The van der Waals surface area contributed by atoms with Gasteiger partial charge in [-0.1, -0.05) is 29.8 Å². The number of rotatable bonds is 2. The van der Waals surface area contributed by atoms with Gasteiger partial charge in [-0.3, -0.25) is 4.79 Å². The number of hydrogen-bond donors (Lipinski definition) is 2. The molecule has 0 aliphatic heterocycles. The largest absolute Gasteiger partial charge is 0.398 e. The maximum absolute atomic E-state index is 12.2. The van der Waals surface area contributed by atoms with E-state index in [9.17, 15) is 4.79 Å². The van der Waals surface area contributed by atoms with Gasteiger partial charge in [0.2, 0.25) is 0 Å². The van der Waals surface area contributed by atoms with Crippen LogP contribution in [-0.4, -0.2) is 5.91 Å². The Morgan fingerprint density at radius 1 is 1.16 bits per heavy atom. The predicted octanol–water partition coefficient (Wildman–Crippen LogP) is 3.79. The zero-order valence-corrected chi connectivity index (χ0v) is 11.6. The molecule has 3 N–H and O–H groups in total. The van der Waals surface area contributed by atoms with Crippen molar-refractivity contribution in [2.45, 2.75) is 13.8 Å². The van der Waals surface area contributed by atoms with Crippen LogP contribution < -0.4 is 11.1 Å². The van der Waals surface area contributed by atoms with E-state index >= 15 is 0 Å². The molecular weight excluding hydrogens is 260 g/mol. The summed E-state index contributed by atoms with van der Waals surface area (Å²) in [5.41, 5.74) is 9.41. The van der Waals surface area contributed by atoms with Crippen LogP contribution in [-0.2, 0) is 0 Å². The third kappa shape index (κ3) is 2.71. The highest BCUT2D eigenvalue weighted by atomic mass is 35.5. The molecule has 0 atom stereocenters. The van der Waals surface area contributed by atoms with Crippen molar-refractivity contribution in [3.63, 3.8) is 0 Å². The van der Waals surface area contributed by atoms with Gasteiger partial charge in [0, 0.05) is 5.69 Å². The van der Waals surface area contributed by atoms with Crippen LogP contribution in [0, 0.1) is 13.8 Å². The summed E-state index contributed by atoms with van der Waals surface area (Å²) < 4.78 is 0. The summed E-state index contributed by atoms with van der Waals surface area (Å²) in [6, 6.07) is 10.8. The third-order valence-corrected chi connectivity index (χ3v) is 3.55. The second kappa shape index (κ2) is 5.33. The van der Waals surface area contributed by atoms with Gasteiger partial charge in [-0.25, -0.2) is 0 Å². The molecule has 3 nitrogen and oxygen atoms in total. The van der Waals surface area contributed by atoms with Gasteiger partial charge in [-0.15, -0.1) is 0 Å². The molecule has 0 heterocycles. The minimum atomic E-state index is -0.258. The monoisotopic (exact) mass is 274 g/mol. The Morgan fingerprint density at radius 3 is 2.58 bits per heavy atom. The first-order valence-corrected chi connectivity index (χ1v) is 6.30. The smallest absolute Gasteiger partial charge is 0.257 e. The minimum absolute atomic E-state index is 0.258. The van der Waals surface area contributed by atoms with Gasteiger partial charge in [0.25, 0.3) is 5.91 Å². The fraction of sp³-hybridized carbons (Fsp3) is 0.133. The molecule has 19 heavy (non-hydrogen) atoms. The highest BCUT2D eigenvalue weighted by molar-refractivity contribution is 6.36. The van der Waals surface area contributed by atoms with Crippen molar-refractivity contribution in [1.82, 2.24) is 0 Å². The van der Waals surface area contributed by atoms with Crippen molar-refractivity contribution in [2.24, 2.45) is 0 Å². The van der Waals surface area contributed by atoms with Gasteiger partial charge >= 0.3 is 0 Å². The van der Waals surface area contributed by atoms with Gasteiger partial charge in [-0.2, -0.15) is 0 Å². The molecule has 1 amide bonds. The van der Waals surface area contributed by atoms with Gasteiger partial charge < -0.3 is 11.1 Å². The summed E-state index contributed by atoms with van der Waals surface area (Å²) >= 11 is 6.04. The number of carbonyl (C=O) groups is 1. The van der Waals surface area contributed by atoms with Crippen molar-refractivity contribution in [3.05, 3.63) is 58.1 Å². The Hall–Kier alpha value is -2.00. The summed E-state index contributed by atoms with van der Waals surface area (Å²) in [4.78, 5) is 12.2. The summed E-state index contributed by atoms with van der Waals surface area (Å²) in [7, 11) is 0. The van der Waals surface area contributed by atoms with Crippen LogP contribution in [0.5, 0.6) is 0 Å². The number of carbonyl (C=O) groups excluding carboxylic acids is 1. The predicted molar refractivity (Wildman–Crippen MR) is 79.7 cm³/mol. The molecule has 0 aromatic heterocycles. The lowest BCUT2D eigenvalue weighted by Crippen LogP contribution is -2.14. The number of nitrogens with two attached hydrogens (primary N) is 1. The van der Waals surface area contributed by atoms with Crippen LogP contribution >= 0.6 is 11.6 Å². The SMILES string of the molecule is Cc1cccc(NC(=O)c2cccc(N)c2Cl)c1C. The minimum Gasteiger partial charge on any atom is -0.398 e. The molecule has 0 bridgehead atoms. The highest BCUT2D eigenvalue weighted by Crippen LogP contribution is 2.25. The van der Waals surface area contributed by atoms with E-state index in [0.29, 0.717) is 11.3 Å². The van der Waals surface area contributed by atoms with Crippen LogP contribution in [0.1, 0.15) is 21.5 Å². The van der Waals surface area contributed by atoms with Crippen LogP contribution in [0.3, 0.4) is 0 Å². The van der Waals surface area contributed by atoms with Crippen molar-refractivity contribution >= 4 is 28.9 Å². The molecule has 0 saturated carbocycles. The van der Waals surface area contributed by atoms with Crippen LogP contribution in [0.15, 0.2) is 36.4 Å². The number of benzene rings is 2. The van der Waals surface area contributed by atoms with E-state index in [2.05, 4.69) is 5.32 Å². The number of nitrogen functional groups attached to an aromatic ring is 1. The maximum atomic E-state index is 12.2. The summed E-state index contributed by atoms with van der Waals surface area (Å²) in [6.45, 7) is 3.96. The second-order valence-electron chi connectivity index (χ2n) is 4.41. The number of amides is 1. The van der Waals surface area contributed by atoms with E-state index in [1.165, 1.54) is 0 Å². The molecule has 0 spiro atoms. The van der Waals surface area contributed by atoms with Crippen molar-refractivity contribution in [3.8, 4) is 0 Å². The van der Waals surface area contributed by atoms with Crippen molar-refractivity contribution in [2.75, 3.05) is 11.1 Å². The normalized spacial score (nSPS) is 10.3. The zero-order valence-electron chi connectivity index (χ0n) is 10.8. The number of hydrogen-bond acceptors (Lipinski definition) is 2. The van der Waals surface area contributed by atoms with Gasteiger partial charge in [0.05, 0.1) is 16.3 Å². The molecule has 2 rings (SSSR count). The Balaban J connectivity index is 2.31. The Bertz CT molecular complexity index is 638. The average molecular weight is 275 g/mol. The zero-order chi connectivity index (χ0) is 14.0. The lowest BCUT2D eigenvalue weighted by atomic mass is 10.1. The molecule has 2 aromatic carbocycles. The summed E-state index contributed by atoms with van der Waals surface area (Å²) in [5.74, 6) is -0.258. The molecule has 4 heteroatoms. The molecule has 98 valence electrons. The molecule has 2 aromatic rings. The Labute approximate surface area is 117 Å². The number of nitrogens with one attached hydrogen (secondary N) is 1. The summed E-state index contributed by atoms with van der Waals surface area (Å²) in [6.07, 6.45) is 0. The van der Waals surface area contributed by atoms with E-state index in [1.807, 2.05) is 32.0 Å². The molecular formula is C15H15ClN2O. The number of anilines is 2. The average Bonchev–Trinajstić information content (AvgIpc) is 2.38. The highest BCUT2D eigenvalue weighted by Gasteiger charge is 2.13. The quantitative estimate of drug-likeness (QED) is 0.819. The lowest BCUT2D eigenvalue weighted by Gasteiger charge is -2.11. The third-order valence-electron chi connectivity index (χ3n) is 3.13. The molecule has 0 saturated heterocycles. The van der Waals surface area contributed by atoms with E-state index in [1.54, 1.807) is 18.2 Å².